The SMILES string of the molecule is Cl.Clc1cccc(-c2cc(Cl)ccn2)c1. The molecule has 4 heteroatoms. The molecule has 0 radical (unpaired) electrons. The van der Waals surface area contributed by atoms with Crippen molar-refractivity contribution in [1.82, 2.24) is 4.98 Å². The average molecular weight is 261 g/mol. The normalized spacial score (nSPS) is 9.47. The minimum absolute atomic E-state index is 0. The monoisotopic (exact) mass is 259 g/mol. The highest BCUT2D eigenvalue weighted by atomic mass is 35.5. The Hall–Kier alpha value is -0.760. The maximum atomic E-state index is 5.87. The molecule has 0 spiro atoms. The lowest BCUT2D eigenvalue weighted by Crippen LogP contribution is -1.81. The van der Waals surface area contributed by atoms with E-state index in [-0.39, 0.29) is 12.4 Å². The van der Waals surface area contributed by atoms with Crippen LogP contribution in [0.3, 0.4) is 0 Å². The minimum atomic E-state index is 0. The van der Waals surface area contributed by atoms with Crippen molar-refractivity contribution in [3.63, 3.8) is 0 Å². The summed E-state index contributed by atoms with van der Waals surface area (Å²) < 4.78 is 0. The zero-order valence-corrected chi connectivity index (χ0v) is 9.98. The van der Waals surface area contributed by atoms with Gasteiger partial charge in [-0.1, -0.05) is 35.3 Å². The lowest BCUT2D eigenvalue weighted by atomic mass is 10.1. The zero-order chi connectivity index (χ0) is 9.97. The summed E-state index contributed by atoms with van der Waals surface area (Å²) >= 11 is 11.7. The largest absolute Gasteiger partial charge is 0.256 e. The van der Waals surface area contributed by atoms with Crippen LogP contribution < -0.4 is 0 Å². The van der Waals surface area contributed by atoms with Crippen LogP contribution in [-0.2, 0) is 0 Å². The van der Waals surface area contributed by atoms with E-state index in [4.69, 9.17) is 23.2 Å². The van der Waals surface area contributed by atoms with E-state index in [1.165, 1.54) is 0 Å². The van der Waals surface area contributed by atoms with E-state index >= 15 is 0 Å². The molecule has 1 aromatic carbocycles. The van der Waals surface area contributed by atoms with Crippen molar-refractivity contribution in [2.75, 3.05) is 0 Å². The van der Waals surface area contributed by atoms with Crippen LogP contribution >= 0.6 is 35.6 Å². The van der Waals surface area contributed by atoms with Crippen LogP contribution in [0.15, 0.2) is 42.6 Å². The number of aromatic nitrogens is 1. The van der Waals surface area contributed by atoms with Crippen molar-refractivity contribution in [2.45, 2.75) is 0 Å². The summed E-state index contributed by atoms with van der Waals surface area (Å²) in [6, 6.07) is 11.1. The standard InChI is InChI=1S/C11H7Cl2N.ClH/c12-9-3-1-2-8(6-9)11-7-10(13)4-5-14-11;/h1-7H;1H. The van der Waals surface area contributed by atoms with Gasteiger partial charge in [0.15, 0.2) is 0 Å². The fourth-order valence-corrected chi connectivity index (χ4v) is 1.56. The summed E-state index contributed by atoms with van der Waals surface area (Å²) in [6.45, 7) is 0. The second-order valence-electron chi connectivity index (χ2n) is 2.87. The van der Waals surface area contributed by atoms with Crippen LogP contribution in [0.25, 0.3) is 11.3 Å². The van der Waals surface area contributed by atoms with Crippen LogP contribution in [0.2, 0.25) is 10.0 Å². The lowest BCUT2D eigenvalue weighted by molar-refractivity contribution is 1.33. The van der Waals surface area contributed by atoms with Gasteiger partial charge in [0.25, 0.3) is 0 Å². The van der Waals surface area contributed by atoms with Gasteiger partial charge in [0.1, 0.15) is 0 Å². The van der Waals surface area contributed by atoms with Gasteiger partial charge in [-0.2, -0.15) is 0 Å². The molecular formula is C11H8Cl3N. The first-order valence-electron chi connectivity index (χ1n) is 4.13. The third kappa shape index (κ3) is 3.10. The zero-order valence-electron chi connectivity index (χ0n) is 7.65. The number of rotatable bonds is 1. The Bertz CT molecular complexity index is 414. The van der Waals surface area contributed by atoms with Crippen LogP contribution in [0.4, 0.5) is 0 Å². The summed E-state index contributed by atoms with van der Waals surface area (Å²) in [7, 11) is 0. The molecular weight excluding hydrogens is 252 g/mol. The van der Waals surface area contributed by atoms with Gasteiger partial charge in [-0.15, -0.1) is 12.4 Å². The van der Waals surface area contributed by atoms with Crippen molar-refractivity contribution in [2.24, 2.45) is 0 Å². The molecule has 0 aliphatic rings. The maximum absolute atomic E-state index is 5.87. The summed E-state index contributed by atoms with van der Waals surface area (Å²) in [4.78, 5) is 4.21. The van der Waals surface area contributed by atoms with Gasteiger partial charge in [-0.05, 0) is 24.3 Å². The molecule has 2 aromatic rings. The fraction of sp³-hybridized carbons (Fsp3) is 0. The molecule has 0 saturated carbocycles. The summed E-state index contributed by atoms with van der Waals surface area (Å²) in [5.41, 5.74) is 1.81. The van der Waals surface area contributed by atoms with Gasteiger partial charge in [-0.3, -0.25) is 4.98 Å². The first-order chi connectivity index (χ1) is 6.75. The third-order valence-electron chi connectivity index (χ3n) is 1.84. The van der Waals surface area contributed by atoms with Gasteiger partial charge in [0.2, 0.25) is 0 Å². The molecule has 0 bridgehead atoms. The van der Waals surface area contributed by atoms with Crippen molar-refractivity contribution in [1.29, 1.82) is 0 Å². The van der Waals surface area contributed by atoms with Crippen LogP contribution in [0.5, 0.6) is 0 Å². The Morgan fingerprint density at radius 2 is 1.67 bits per heavy atom. The first kappa shape index (κ1) is 12.3. The number of pyridine rings is 1. The Morgan fingerprint density at radius 1 is 0.933 bits per heavy atom. The van der Waals surface area contributed by atoms with Crippen LogP contribution in [-0.4, -0.2) is 4.98 Å². The predicted octanol–water partition coefficient (Wildman–Crippen LogP) is 4.48. The summed E-state index contributed by atoms with van der Waals surface area (Å²) in [5, 5.41) is 1.37. The molecule has 2 rings (SSSR count). The number of hydrogen-bond donors (Lipinski definition) is 0. The molecule has 0 aliphatic carbocycles. The Morgan fingerprint density at radius 3 is 2.33 bits per heavy atom. The topological polar surface area (TPSA) is 12.9 Å². The van der Waals surface area contributed by atoms with Gasteiger partial charge in [-0.25, -0.2) is 0 Å². The number of halogens is 3. The Balaban J connectivity index is 0.00000112. The second-order valence-corrected chi connectivity index (χ2v) is 3.74. The predicted molar refractivity (Wildman–Crippen MR) is 66.9 cm³/mol. The molecule has 15 heavy (non-hydrogen) atoms. The van der Waals surface area contributed by atoms with Crippen LogP contribution in [0.1, 0.15) is 0 Å². The highest BCUT2D eigenvalue weighted by Crippen LogP contribution is 2.22. The fourth-order valence-electron chi connectivity index (χ4n) is 1.21. The van der Waals surface area contributed by atoms with E-state index < -0.39 is 0 Å². The molecule has 0 N–H and O–H groups in total. The molecule has 0 amide bonds. The molecule has 1 aromatic heterocycles. The number of hydrogen-bond acceptors (Lipinski definition) is 1. The molecule has 0 aliphatic heterocycles. The summed E-state index contributed by atoms with van der Waals surface area (Å²) in [6.07, 6.45) is 1.68. The van der Waals surface area contributed by atoms with Crippen molar-refractivity contribution < 1.29 is 0 Å². The Labute approximate surface area is 104 Å². The van der Waals surface area contributed by atoms with Gasteiger partial charge >= 0.3 is 0 Å². The first-order valence-corrected chi connectivity index (χ1v) is 4.89. The smallest absolute Gasteiger partial charge is 0.0717 e. The Kier molecular flexibility index (Phi) is 4.40. The molecule has 0 atom stereocenters. The second kappa shape index (κ2) is 5.36. The molecule has 0 unspecified atom stereocenters. The number of nitrogens with zero attached hydrogens (tertiary/aromatic N) is 1. The molecule has 1 heterocycles. The summed E-state index contributed by atoms with van der Waals surface area (Å²) in [5.74, 6) is 0. The van der Waals surface area contributed by atoms with E-state index in [9.17, 15) is 0 Å². The van der Waals surface area contributed by atoms with Crippen molar-refractivity contribution in [3.05, 3.63) is 52.6 Å². The average Bonchev–Trinajstić information content (AvgIpc) is 2.18. The van der Waals surface area contributed by atoms with E-state index in [2.05, 4.69) is 4.98 Å². The van der Waals surface area contributed by atoms with E-state index in [0.717, 1.165) is 11.3 Å². The van der Waals surface area contributed by atoms with E-state index in [1.54, 1.807) is 12.3 Å². The highest BCUT2D eigenvalue weighted by Gasteiger charge is 1.99. The van der Waals surface area contributed by atoms with Gasteiger partial charge < -0.3 is 0 Å². The molecule has 0 fully saturated rings. The van der Waals surface area contributed by atoms with Crippen molar-refractivity contribution in [3.8, 4) is 11.3 Å². The third-order valence-corrected chi connectivity index (χ3v) is 2.31. The molecule has 78 valence electrons. The highest BCUT2D eigenvalue weighted by molar-refractivity contribution is 6.31. The van der Waals surface area contributed by atoms with E-state index in [1.807, 2.05) is 30.3 Å². The molecule has 0 saturated heterocycles. The van der Waals surface area contributed by atoms with Crippen molar-refractivity contribution >= 4 is 35.6 Å². The van der Waals surface area contributed by atoms with Gasteiger partial charge in [0, 0.05) is 21.8 Å². The van der Waals surface area contributed by atoms with Crippen LogP contribution in [0, 0.1) is 0 Å². The number of benzene rings is 1. The van der Waals surface area contributed by atoms with E-state index in [0.29, 0.717) is 10.0 Å². The maximum Gasteiger partial charge on any atom is 0.0717 e. The lowest BCUT2D eigenvalue weighted by Gasteiger charge is -2.00. The minimum Gasteiger partial charge on any atom is -0.256 e. The van der Waals surface area contributed by atoms with Gasteiger partial charge in [0.05, 0.1) is 5.69 Å². The molecule has 1 nitrogen and oxygen atoms in total. The quantitative estimate of drug-likeness (QED) is 0.737.